The van der Waals surface area contributed by atoms with Crippen molar-refractivity contribution in [3.63, 3.8) is 0 Å². The average molecular weight is 203 g/mol. The lowest BCUT2D eigenvalue weighted by molar-refractivity contribution is -0.169. The Hall–Kier alpha value is -1.10. The maximum absolute atomic E-state index is 11.2. The van der Waals surface area contributed by atoms with E-state index in [1.165, 1.54) is 14.0 Å². The third-order valence-electron chi connectivity index (χ3n) is 1.65. The molecule has 0 saturated carbocycles. The van der Waals surface area contributed by atoms with Gasteiger partial charge in [0.2, 0.25) is 6.10 Å². The van der Waals surface area contributed by atoms with Gasteiger partial charge in [0.05, 0.1) is 7.11 Å². The standard InChI is InChI=1S/C9H17NO4/c1-5(2)7(9(12)13-4)14-8(11)6(3)10/h5-7H,10H2,1-4H3/t6-,7-/m0/s1. The van der Waals surface area contributed by atoms with E-state index >= 15 is 0 Å². The second-order valence-corrected chi connectivity index (χ2v) is 3.41. The number of carbonyl (C=O) groups excluding carboxylic acids is 2. The molecule has 82 valence electrons. The number of hydrogen-bond acceptors (Lipinski definition) is 5. The molecular formula is C9H17NO4. The van der Waals surface area contributed by atoms with E-state index < -0.39 is 24.1 Å². The van der Waals surface area contributed by atoms with Crippen LogP contribution in [0.25, 0.3) is 0 Å². The Balaban J connectivity index is 4.38. The van der Waals surface area contributed by atoms with Gasteiger partial charge in [0.25, 0.3) is 0 Å². The molecule has 5 heteroatoms. The van der Waals surface area contributed by atoms with Gasteiger partial charge in [-0.25, -0.2) is 4.79 Å². The van der Waals surface area contributed by atoms with Gasteiger partial charge < -0.3 is 15.2 Å². The normalized spacial score (nSPS) is 14.7. The number of methoxy groups -OCH3 is 1. The second kappa shape index (κ2) is 5.59. The Morgan fingerprint density at radius 1 is 1.14 bits per heavy atom. The summed E-state index contributed by atoms with van der Waals surface area (Å²) < 4.78 is 9.38. The van der Waals surface area contributed by atoms with Crippen LogP contribution in [0.5, 0.6) is 0 Å². The zero-order chi connectivity index (χ0) is 11.3. The number of nitrogens with two attached hydrogens (primary N) is 1. The highest BCUT2D eigenvalue weighted by Crippen LogP contribution is 2.09. The molecule has 0 bridgehead atoms. The molecule has 0 aromatic rings. The van der Waals surface area contributed by atoms with Crippen LogP contribution in [-0.2, 0) is 19.1 Å². The van der Waals surface area contributed by atoms with Crippen molar-refractivity contribution in [2.45, 2.75) is 32.9 Å². The predicted octanol–water partition coefficient (Wildman–Crippen LogP) is 0.0744. The first-order valence-electron chi connectivity index (χ1n) is 4.44. The molecule has 5 nitrogen and oxygen atoms in total. The Kier molecular flexibility index (Phi) is 5.15. The Morgan fingerprint density at radius 3 is 1.93 bits per heavy atom. The van der Waals surface area contributed by atoms with Gasteiger partial charge in [0, 0.05) is 5.92 Å². The quantitative estimate of drug-likeness (QED) is 0.654. The summed E-state index contributed by atoms with van der Waals surface area (Å²) in [6.07, 6.45) is -0.876. The number of hydrogen-bond donors (Lipinski definition) is 1. The molecule has 0 rings (SSSR count). The minimum Gasteiger partial charge on any atom is -0.466 e. The Labute approximate surface area is 83.5 Å². The Bertz CT molecular complexity index is 213. The van der Waals surface area contributed by atoms with E-state index in [1.807, 2.05) is 0 Å². The molecule has 0 aromatic carbocycles. The van der Waals surface area contributed by atoms with Gasteiger partial charge in [0.1, 0.15) is 6.04 Å². The van der Waals surface area contributed by atoms with E-state index in [0.717, 1.165) is 0 Å². The van der Waals surface area contributed by atoms with Crippen LogP contribution in [-0.4, -0.2) is 31.2 Å². The van der Waals surface area contributed by atoms with E-state index in [9.17, 15) is 9.59 Å². The van der Waals surface area contributed by atoms with Crippen molar-refractivity contribution in [3.8, 4) is 0 Å². The minimum atomic E-state index is -0.876. The summed E-state index contributed by atoms with van der Waals surface area (Å²) in [6.45, 7) is 5.02. The zero-order valence-electron chi connectivity index (χ0n) is 8.94. The van der Waals surface area contributed by atoms with Crippen LogP contribution in [0.4, 0.5) is 0 Å². The summed E-state index contributed by atoms with van der Waals surface area (Å²) in [7, 11) is 1.25. The molecule has 0 fully saturated rings. The highest BCUT2D eigenvalue weighted by atomic mass is 16.6. The smallest absolute Gasteiger partial charge is 0.347 e. The van der Waals surface area contributed by atoms with Gasteiger partial charge in [-0.15, -0.1) is 0 Å². The molecule has 0 aliphatic heterocycles. The molecule has 0 aliphatic rings. The lowest BCUT2D eigenvalue weighted by atomic mass is 10.1. The van der Waals surface area contributed by atoms with Gasteiger partial charge in [-0.2, -0.15) is 0 Å². The van der Waals surface area contributed by atoms with Gasteiger partial charge in [0.15, 0.2) is 0 Å². The molecular weight excluding hydrogens is 186 g/mol. The summed E-state index contributed by atoms with van der Waals surface area (Å²) in [4.78, 5) is 22.3. The molecule has 0 aromatic heterocycles. The van der Waals surface area contributed by atoms with E-state index in [1.54, 1.807) is 13.8 Å². The van der Waals surface area contributed by atoms with E-state index in [0.29, 0.717) is 0 Å². The van der Waals surface area contributed by atoms with E-state index in [2.05, 4.69) is 4.74 Å². The van der Waals surface area contributed by atoms with Crippen molar-refractivity contribution >= 4 is 11.9 Å². The maximum Gasteiger partial charge on any atom is 0.347 e. The third kappa shape index (κ3) is 3.74. The minimum absolute atomic E-state index is 0.134. The maximum atomic E-state index is 11.2. The summed E-state index contributed by atoms with van der Waals surface area (Å²) in [6, 6.07) is -0.735. The molecule has 0 amide bonds. The lowest BCUT2D eigenvalue weighted by Crippen LogP contribution is -2.38. The predicted molar refractivity (Wildman–Crippen MR) is 50.4 cm³/mol. The molecule has 0 aliphatic carbocycles. The first-order chi connectivity index (χ1) is 6.40. The number of ether oxygens (including phenoxy) is 2. The average Bonchev–Trinajstić information content (AvgIpc) is 2.11. The van der Waals surface area contributed by atoms with Crippen LogP contribution in [0.2, 0.25) is 0 Å². The first-order valence-corrected chi connectivity index (χ1v) is 4.44. The number of carbonyl (C=O) groups is 2. The largest absolute Gasteiger partial charge is 0.466 e. The number of esters is 2. The summed E-state index contributed by atoms with van der Waals surface area (Å²) in [5.41, 5.74) is 5.30. The fourth-order valence-electron chi connectivity index (χ4n) is 0.805. The molecule has 0 spiro atoms. The molecule has 14 heavy (non-hydrogen) atoms. The zero-order valence-corrected chi connectivity index (χ0v) is 8.94. The summed E-state index contributed by atoms with van der Waals surface area (Å²) in [5.74, 6) is -1.30. The summed E-state index contributed by atoms with van der Waals surface area (Å²) >= 11 is 0. The lowest BCUT2D eigenvalue weighted by Gasteiger charge is -2.19. The van der Waals surface area contributed by atoms with Crippen LogP contribution in [0.3, 0.4) is 0 Å². The fourth-order valence-corrected chi connectivity index (χ4v) is 0.805. The van der Waals surface area contributed by atoms with Gasteiger partial charge >= 0.3 is 11.9 Å². The Morgan fingerprint density at radius 2 is 1.64 bits per heavy atom. The molecule has 0 heterocycles. The highest BCUT2D eigenvalue weighted by molar-refractivity contribution is 5.81. The fraction of sp³-hybridized carbons (Fsp3) is 0.778. The number of rotatable bonds is 4. The molecule has 0 unspecified atom stereocenters. The van der Waals surface area contributed by atoms with Crippen molar-refractivity contribution in [3.05, 3.63) is 0 Å². The molecule has 2 N–H and O–H groups in total. The van der Waals surface area contributed by atoms with Crippen LogP contribution >= 0.6 is 0 Å². The van der Waals surface area contributed by atoms with Crippen molar-refractivity contribution in [1.29, 1.82) is 0 Å². The van der Waals surface area contributed by atoms with Crippen LogP contribution in [0.1, 0.15) is 20.8 Å². The van der Waals surface area contributed by atoms with Gasteiger partial charge in [-0.3, -0.25) is 4.79 Å². The van der Waals surface area contributed by atoms with Crippen LogP contribution < -0.4 is 5.73 Å². The van der Waals surface area contributed by atoms with Crippen molar-refractivity contribution in [2.24, 2.45) is 11.7 Å². The van der Waals surface area contributed by atoms with Crippen LogP contribution in [0, 0.1) is 5.92 Å². The molecule has 2 atom stereocenters. The topological polar surface area (TPSA) is 78.6 Å². The van der Waals surface area contributed by atoms with E-state index in [-0.39, 0.29) is 5.92 Å². The molecule has 0 saturated heterocycles. The van der Waals surface area contributed by atoms with Crippen molar-refractivity contribution < 1.29 is 19.1 Å². The van der Waals surface area contributed by atoms with Gasteiger partial charge in [-0.1, -0.05) is 13.8 Å². The molecule has 0 radical (unpaired) electrons. The third-order valence-corrected chi connectivity index (χ3v) is 1.65. The van der Waals surface area contributed by atoms with Crippen LogP contribution in [0.15, 0.2) is 0 Å². The van der Waals surface area contributed by atoms with Gasteiger partial charge in [-0.05, 0) is 6.92 Å². The highest BCUT2D eigenvalue weighted by Gasteiger charge is 2.28. The SMILES string of the molecule is COC(=O)[C@@H](OC(=O)[C@H](C)N)C(C)C. The monoisotopic (exact) mass is 203 g/mol. The van der Waals surface area contributed by atoms with Crippen molar-refractivity contribution in [2.75, 3.05) is 7.11 Å². The first kappa shape index (κ1) is 12.9. The second-order valence-electron chi connectivity index (χ2n) is 3.41. The summed E-state index contributed by atoms with van der Waals surface area (Å²) in [5, 5.41) is 0. The van der Waals surface area contributed by atoms with E-state index in [4.69, 9.17) is 10.5 Å². The van der Waals surface area contributed by atoms with Crippen molar-refractivity contribution in [1.82, 2.24) is 0 Å².